The number of anilines is 1. The zero-order chi connectivity index (χ0) is 20.8. The maximum atomic E-state index is 13.1. The van der Waals surface area contributed by atoms with Gasteiger partial charge in [-0.25, -0.2) is 9.80 Å². The first-order chi connectivity index (χ1) is 13.9. The molecule has 0 saturated carbocycles. The van der Waals surface area contributed by atoms with Crippen LogP contribution in [0.15, 0.2) is 59.7 Å². The Balaban J connectivity index is 1.91. The first kappa shape index (κ1) is 18.7. The van der Waals surface area contributed by atoms with Crippen LogP contribution in [0.5, 0.6) is 0 Å². The third-order valence-corrected chi connectivity index (χ3v) is 5.39. The number of nitro groups is 1. The number of urea groups is 1. The highest BCUT2D eigenvalue weighted by molar-refractivity contribution is 9.18. The molecule has 2 aromatic carbocycles. The molecule has 1 saturated heterocycles. The monoisotopic (exact) mass is 457 g/mol. The van der Waals surface area contributed by atoms with Crippen LogP contribution >= 0.6 is 15.9 Å². The van der Waals surface area contributed by atoms with Crippen LogP contribution in [0.3, 0.4) is 0 Å². The molecule has 1 spiro atoms. The van der Waals surface area contributed by atoms with Gasteiger partial charge in [0.05, 0.1) is 16.5 Å². The Morgan fingerprint density at radius 3 is 2.14 bits per heavy atom. The second-order valence-electron chi connectivity index (χ2n) is 6.36. The van der Waals surface area contributed by atoms with Crippen molar-refractivity contribution in [1.29, 1.82) is 0 Å². The molecule has 1 fully saturated rings. The summed E-state index contributed by atoms with van der Waals surface area (Å²) in [6.07, 6.45) is 0. The number of hydrogen-bond acceptors (Lipinski definition) is 7. The molecular formula is C18H12BrN5O5. The highest BCUT2D eigenvalue weighted by Gasteiger charge is 2.65. The van der Waals surface area contributed by atoms with Gasteiger partial charge in [-0.2, -0.15) is 5.10 Å². The molecule has 0 aromatic heterocycles. The minimum atomic E-state index is -1.94. The number of hydrazone groups is 1. The van der Waals surface area contributed by atoms with E-state index in [2.05, 4.69) is 31.7 Å². The topological polar surface area (TPSA) is 134 Å². The van der Waals surface area contributed by atoms with E-state index in [1.807, 2.05) is 0 Å². The molecule has 4 amide bonds. The van der Waals surface area contributed by atoms with Crippen LogP contribution in [0.4, 0.5) is 16.2 Å². The highest BCUT2D eigenvalue weighted by atomic mass is 79.9. The molecule has 11 heteroatoms. The smallest absolute Gasteiger partial charge is 0.275 e. The molecule has 4 rings (SSSR count). The maximum absolute atomic E-state index is 13.1. The SMILES string of the molecule is O=C1NC(=O)C2(C(=O)N1)C(c1ccc([N+](=O)[O-])cc1)C(Br)=NN2c1ccccc1. The second-order valence-corrected chi connectivity index (χ2v) is 7.17. The third kappa shape index (κ3) is 2.78. The predicted molar refractivity (Wildman–Crippen MR) is 106 cm³/mol. The minimum absolute atomic E-state index is 0.138. The van der Waals surface area contributed by atoms with Crippen molar-refractivity contribution in [2.75, 3.05) is 5.01 Å². The van der Waals surface area contributed by atoms with E-state index in [4.69, 9.17) is 0 Å². The molecule has 2 heterocycles. The van der Waals surface area contributed by atoms with E-state index < -0.39 is 34.2 Å². The van der Waals surface area contributed by atoms with Gasteiger partial charge < -0.3 is 0 Å². The molecule has 1 atom stereocenters. The number of benzene rings is 2. The Bertz CT molecular complexity index is 1050. The molecule has 0 bridgehead atoms. The quantitative estimate of drug-likeness (QED) is 0.411. The van der Waals surface area contributed by atoms with Crippen molar-refractivity contribution >= 4 is 49.8 Å². The van der Waals surface area contributed by atoms with Crippen molar-refractivity contribution < 1.29 is 19.3 Å². The molecule has 29 heavy (non-hydrogen) atoms. The molecule has 2 N–H and O–H groups in total. The van der Waals surface area contributed by atoms with E-state index in [-0.39, 0.29) is 10.3 Å². The van der Waals surface area contributed by atoms with Crippen LogP contribution < -0.4 is 15.6 Å². The number of nitrogens with one attached hydrogen (secondary N) is 2. The van der Waals surface area contributed by atoms with Crippen molar-refractivity contribution in [3.8, 4) is 0 Å². The maximum Gasteiger partial charge on any atom is 0.328 e. The Kier molecular flexibility index (Phi) is 4.38. The van der Waals surface area contributed by atoms with Gasteiger partial charge in [0.15, 0.2) is 0 Å². The lowest BCUT2D eigenvalue weighted by molar-refractivity contribution is -0.384. The van der Waals surface area contributed by atoms with Crippen LogP contribution in [-0.2, 0) is 9.59 Å². The van der Waals surface area contributed by atoms with E-state index in [1.165, 1.54) is 29.3 Å². The lowest BCUT2D eigenvalue weighted by Crippen LogP contribution is -2.73. The Hall–Kier alpha value is -3.60. The normalized spacial score (nSPS) is 20.3. The van der Waals surface area contributed by atoms with Crippen LogP contribution in [0.25, 0.3) is 0 Å². The molecule has 1 unspecified atom stereocenters. The fourth-order valence-corrected chi connectivity index (χ4v) is 4.26. The lowest BCUT2D eigenvalue weighted by Gasteiger charge is -2.40. The van der Waals surface area contributed by atoms with Gasteiger partial charge in [-0.05, 0) is 33.6 Å². The number of barbiturate groups is 1. The summed E-state index contributed by atoms with van der Waals surface area (Å²) in [5.74, 6) is -2.65. The zero-order valence-electron chi connectivity index (χ0n) is 14.5. The summed E-state index contributed by atoms with van der Waals surface area (Å²) in [4.78, 5) is 48.3. The van der Waals surface area contributed by atoms with E-state index >= 15 is 0 Å². The molecule has 2 aromatic rings. The number of amides is 4. The first-order valence-corrected chi connectivity index (χ1v) is 9.15. The Morgan fingerprint density at radius 1 is 1.00 bits per heavy atom. The number of halogens is 1. The number of rotatable bonds is 3. The van der Waals surface area contributed by atoms with Crippen LogP contribution in [0, 0.1) is 10.1 Å². The molecule has 10 nitrogen and oxygen atoms in total. The highest BCUT2D eigenvalue weighted by Crippen LogP contribution is 2.46. The number of carbonyl (C=O) groups is 3. The van der Waals surface area contributed by atoms with E-state index in [0.717, 1.165) is 0 Å². The summed E-state index contributed by atoms with van der Waals surface area (Å²) in [5, 5.41) is 20.9. The summed E-state index contributed by atoms with van der Waals surface area (Å²) in [6, 6.07) is 13.1. The number of carbonyl (C=O) groups excluding carboxylic acids is 3. The van der Waals surface area contributed by atoms with Gasteiger partial charge >= 0.3 is 6.03 Å². The van der Waals surface area contributed by atoms with Gasteiger partial charge in [-0.15, -0.1) is 0 Å². The van der Waals surface area contributed by atoms with Crippen molar-refractivity contribution in [2.45, 2.75) is 11.5 Å². The van der Waals surface area contributed by atoms with Crippen molar-refractivity contribution in [3.05, 3.63) is 70.3 Å². The summed E-state index contributed by atoms with van der Waals surface area (Å²) < 4.78 is 0.259. The molecule has 2 aliphatic heterocycles. The Labute approximate surface area is 171 Å². The van der Waals surface area contributed by atoms with Gasteiger partial charge in [-0.3, -0.25) is 30.3 Å². The van der Waals surface area contributed by atoms with E-state index in [1.54, 1.807) is 30.3 Å². The third-order valence-electron chi connectivity index (χ3n) is 4.77. The van der Waals surface area contributed by atoms with Gasteiger partial charge in [0.1, 0.15) is 4.62 Å². The fraction of sp³-hybridized carbons (Fsp3) is 0.111. The number of nitro benzene ring substituents is 1. The minimum Gasteiger partial charge on any atom is -0.275 e. The second kappa shape index (κ2) is 6.78. The average molecular weight is 458 g/mol. The van der Waals surface area contributed by atoms with Crippen LogP contribution in [0.1, 0.15) is 11.5 Å². The number of non-ortho nitro benzene ring substituents is 1. The fourth-order valence-electron chi connectivity index (χ4n) is 3.51. The first-order valence-electron chi connectivity index (χ1n) is 8.36. The van der Waals surface area contributed by atoms with Gasteiger partial charge in [0.25, 0.3) is 17.5 Å². The van der Waals surface area contributed by atoms with E-state index in [9.17, 15) is 24.5 Å². The summed E-state index contributed by atoms with van der Waals surface area (Å²) in [7, 11) is 0. The van der Waals surface area contributed by atoms with Gasteiger partial charge in [0.2, 0.25) is 5.54 Å². The molecule has 0 radical (unpaired) electrons. The zero-order valence-corrected chi connectivity index (χ0v) is 16.1. The molecule has 146 valence electrons. The van der Waals surface area contributed by atoms with Crippen molar-refractivity contribution in [2.24, 2.45) is 5.10 Å². The average Bonchev–Trinajstić information content (AvgIpc) is 3.01. The summed E-state index contributed by atoms with van der Waals surface area (Å²) in [6.45, 7) is 0. The van der Waals surface area contributed by atoms with Crippen molar-refractivity contribution in [1.82, 2.24) is 10.6 Å². The predicted octanol–water partition coefficient (Wildman–Crippen LogP) is 2.01. The van der Waals surface area contributed by atoms with Crippen molar-refractivity contribution in [3.63, 3.8) is 0 Å². The Morgan fingerprint density at radius 2 is 1.59 bits per heavy atom. The van der Waals surface area contributed by atoms with Gasteiger partial charge in [0, 0.05) is 12.1 Å². The number of imide groups is 2. The largest absolute Gasteiger partial charge is 0.328 e. The molecule has 2 aliphatic rings. The van der Waals surface area contributed by atoms with Crippen LogP contribution in [-0.4, -0.2) is 32.9 Å². The summed E-state index contributed by atoms with van der Waals surface area (Å²) in [5.41, 5.74) is -1.19. The summed E-state index contributed by atoms with van der Waals surface area (Å²) >= 11 is 3.34. The van der Waals surface area contributed by atoms with Crippen LogP contribution in [0.2, 0.25) is 0 Å². The van der Waals surface area contributed by atoms with E-state index in [0.29, 0.717) is 11.3 Å². The lowest BCUT2D eigenvalue weighted by atomic mass is 9.77. The van der Waals surface area contributed by atoms with Gasteiger partial charge in [-0.1, -0.05) is 30.3 Å². The number of hydrogen-bond donors (Lipinski definition) is 2. The standard InChI is InChI=1S/C18H12BrN5O5/c19-14-13(10-6-8-12(9-7-10)24(28)29)18(15(25)20-17(27)21-16(18)26)23(22-14)11-4-2-1-3-5-11/h1-9,13H,(H2,20,21,25,26,27). The molecule has 0 aliphatic carbocycles. The number of para-hydroxylation sites is 1. The number of nitrogens with zero attached hydrogens (tertiary/aromatic N) is 3. The molecular weight excluding hydrogens is 446 g/mol.